The summed E-state index contributed by atoms with van der Waals surface area (Å²) in [6.45, 7) is 3.17. The van der Waals surface area contributed by atoms with Gasteiger partial charge >= 0.3 is 0 Å². The SMILES string of the molecule is S=C(NCc1ccccc1)N1CCC[C@H]1c1ccc2c(c1)OCCCO2. The van der Waals surface area contributed by atoms with E-state index in [0.717, 1.165) is 55.6 Å². The summed E-state index contributed by atoms with van der Waals surface area (Å²) in [5.74, 6) is 1.70. The molecule has 1 atom stereocenters. The summed E-state index contributed by atoms with van der Waals surface area (Å²) in [6.07, 6.45) is 3.17. The molecule has 2 aromatic rings. The molecule has 0 unspecified atom stereocenters. The highest BCUT2D eigenvalue weighted by Gasteiger charge is 2.28. The van der Waals surface area contributed by atoms with Gasteiger partial charge in [-0.15, -0.1) is 0 Å². The highest BCUT2D eigenvalue weighted by atomic mass is 32.1. The van der Waals surface area contributed by atoms with Gasteiger partial charge in [0.1, 0.15) is 0 Å². The Morgan fingerprint density at radius 2 is 1.85 bits per heavy atom. The van der Waals surface area contributed by atoms with Crippen LogP contribution in [-0.4, -0.2) is 29.8 Å². The van der Waals surface area contributed by atoms with Gasteiger partial charge in [0.2, 0.25) is 0 Å². The number of nitrogens with one attached hydrogen (secondary N) is 1. The topological polar surface area (TPSA) is 33.7 Å². The minimum atomic E-state index is 0.294. The van der Waals surface area contributed by atoms with Crippen LogP contribution >= 0.6 is 12.2 Å². The predicted octanol–water partition coefficient (Wildman–Crippen LogP) is 4.06. The van der Waals surface area contributed by atoms with Gasteiger partial charge in [-0.25, -0.2) is 0 Å². The molecule has 0 aliphatic carbocycles. The van der Waals surface area contributed by atoms with Crippen molar-refractivity contribution in [2.24, 2.45) is 0 Å². The normalized spacial score (nSPS) is 19.1. The average molecular weight is 369 g/mol. The first kappa shape index (κ1) is 17.2. The molecule has 0 amide bonds. The summed E-state index contributed by atoms with van der Waals surface area (Å²) in [5.41, 5.74) is 2.48. The van der Waals surface area contributed by atoms with Crippen LogP contribution in [0.4, 0.5) is 0 Å². The number of fused-ring (bicyclic) bond motifs is 1. The Kier molecular flexibility index (Phi) is 5.25. The molecule has 1 fully saturated rings. The molecule has 2 heterocycles. The quantitative estimate of drug-likeness (QED) is 0.827. The van der Waals surface area contributed by atoms with E-state index in [-0.39, 0.29) is 0 Å². The van der Waals surface area contributed by atoms with Crippen LogP contribution in [0.1, 0.15) is 36.4 Å². The molecule has 1 saturated heterocycles. The maximum atomic E-state index is 5.86. The number of hydrogen-bond acceptors (Lipinski definition) is 3. The molecule has 4 nitrogen and oxygen atoms in total. The van der Waals surface area contributed by atoms with Crippen molar-refractivity contribution in [2.75, 3.05) is 19.8 Å². The first-order chi connectivity index (χ1) is 12.8. The van der Waals surface area contributed by atoms with E-state index in [1.54, 1.807) is 0 Å². The minimum absolute atomic E-state index is 0.294. The molecule has 0 bridgehead atoms. The fourth-order valence-corrected chi connectivity index (χ4v) is 3.91. The van der Waals surface area contributed by atoms with Crippen molar-refractivity contribution >= 4 is 17.3 Å². The molecule has 0 spiro atoms. The molecule has 4 rings (SSSR count). The third-order valence-electron chi connectivity index (χ3n) is 4.96. The van der Waals surface area contributed by atoms with Crippen molar-refractivity contribution in [1.29, 1.82) is 0 Å². The van der Waals surface area contributed by atoms with Gasteiger partial charge in [0.05, 0.1) is 19.3 Å². The molecule has 2 aromatic carbocycles. The van der Waals surface area contributed by atoms with Crippen molar-refractivity contribution in [3.63, 3.8) is 0 Å². The molecule has 26 heavy (non-hydrogen) atoms. The molecular formula is C21H24N2O2S. The average Bonchev–Trinajstić information content (AvgIpc) is 3.06. The third kappa shape index (κ3) is 3.78. The van der Waals surface area contributed by atoms with E-state index in [9.17, 15) is 0 Å². The van der Waals surface area contributed by atoms with E-state index in [0.29, 0.717) is 12.6 Å². The molecule has 2 aliphatic heterocycles. The molecule has 136 valence electrons. The number of nitrogens with zero attached hydrogens (tertiary/aromatic N) is 1. The van der Waals surface area contributed by atoms with E-state index in [4.69, 9.17) is 21.7 Å². The number of ether oxygens (including phenoxy) is 2. The predicted molar refractivity (Wildman–Crippen MR) is 107 cm³/mol. The third-order valence-corrected chi connectivity index (χ3v) is 5.34. The molecule has 0 radical (unpaired) electrons. The van der Waals surface area contributed by atoms with Crippen LogP contribution in [0.2, 0.25) is 0 Å². The molecular weight excluding hydrogens is 344 g/mol. The van der Waals surface area contributed by atoms with Gasteiger partial charge in [-0.1, -0.05) is 36.4 Å². The van der Waals surface area contributed by atoms with Gasteiger partial charge in [-0.2, -0.15) is 0 Å². The first-order valence-corrected chi connectivity index (χ1v) is 9.70. The van der Waals surface area contributed by atoms with Crippen molar-refractivity contribution in [3.8, 4) is 11.5 Å². The summed E-state index contributed by atoms with van der Waals surface area (Å²) in [5, 5.41) is 4.24. The zero-order valence-corrected chi connectivity index (χ0v) is 15.6. The van der Waals surface area contributed by atoms with Crippen LogP contribution in [0.15, 0.2) is 48.5 Å². The maximum Gasteiger partial charge on any atom is 0.169 e. The fraction of sp³-hybridized carbons (Fsp3) is 0.381. The van der Waals surface area contributed by atoms with Crippen LogP contribution in [0.25, 0.3) is 0 Å². The molecule has 5 heteroatoms. The number of likely N-dealkylation sites (tertiary alicyclic amines) is 1. The second-order valence-electron chi connectivity index (χ2n) is 6.75. The van der Waals surface area contributed by atoms with Gasteiger partial charge < -0.3 is 19.7 Å². The van der Waals surface area contributed by atoms with E-state index in [1.807, 2.05) is 12.1 Å². The molecule has 0 saturated carbocycles. The lowest BCUT2D eigenvalue weighted by Gasteiger charge is -2.28. The molecule has 0 aromatic heterocycles. The summed E-state index contributed by atoms with van der Waals surface area (Å²) >= 11 is 5.69. The smallest absolute Gasteiger partial charge is 0.169 e. The maximum absolute atomic E-state index is 5.86. The number of benzene rings is 2. The molecule has 1 N–H and O–H groups in total. The lowest BCUT2D eigenvalue weighted by molar-refractivity contribution is 0.296. The second kappa shape index (κ2) is 7.96. The fourth-order valence-electron chi connectivity index (χ4n) is 3.62. The zero-order chi connectivity index (χ0) is 17.8. The van der Waals surface area contributed by atoms with Crippen molar-refractivity contribution in [2.45, 2.75) is 31.8 Å². The summed E-state index contributed by atoms with van der Waals surface area (Å²) in [7, 11) is 0. The largest absolute Gasteiger partial charge is 0.490 e. The van der Waals surface area contributed by atoms with Gasteiger partial charge in [-0.05, 0) is 48.3 Å². The Morgan fingerprint density at radius 1 is 1.04 bits per heavy atom. The highest BCUT2D eigenvalue weighted by Crippen LogP contribution is 2.37. The lowest BCUT2D eigenvalue weighted by Crippen LogP contribution is -2.38. The van der Waals surface area contributed by atoms with E-state index < -0.39 is 0 Å². The number of rotatable bonds is 3. The van der Waals surface area contributed by atoms with Gasteiger partial charge in [0.15, 0.2) is 16.6 Å². The van der Waals surface area contributed by atoms with Crippen molar-refractivity contribution < 1.29 is 9.47 Å². The number of hydrogen-bond donors (Lipinski definition) is 1. The van der Waals surface area contributed by atoms with Crippen LogP contribution < -0.4 is 14.8 Å². The number of thiocarbonyl (C=S) groups is 1. The minimum Gasteiger partial charge on any atom is -0.490 e. The summed E-state index contributed by atoms with van der Waals surface area (Å²) in [4.78, 5) is 2.30. The van der Waals surface area contributed by atoms with Gasteiger partial charge in [0.25, 0.3) is 0 Å². The zero-order valence-electron chi connectivity index (χ0n) is 14.8. The standard InChI is InChI=1S/C21H24N2O2S/c26-21(22-15-16-6-2-1-3-7-16)23-11-4-8-18(23)17-9-10-19-20(14-17)25-13-5-12-24-19/h1-3,6-7,9-10,14,18H,4-5,8,11-13,15H2,(H,22,26)/t18-/m0/s1. The first-order valence-electron chi connectivity index (χ1n) is 9.29. The van der Waals surface area contributed by atoms with Crippen LogP contribution in [0.3, 0.4) is 0 Å². The highest BCUT2D eigenvalue weighted by molar-refractivity contribution is 7.80. The van der Waals surface area contributed by atoms with Crippen LogP contribution in [0, 0.1) is 0 Å². The van der Waals surface area contributed by atoms with Crippen molar-refractivity contribution in [1.82, 2.24) is 10.2 Å². The van der Waals surface area contributed by atoms with E-state index in [2.05, 4.69) is 46.6 Å². The van der Waals surface area contributed by atoms with Gasteiger partial charge in [0, 0.05) is 19.5 Å². The Bertz CT molecular complexity index is 766. The Balaban J connectivity index is 1.46. The van der Waals surface area contributed by atoms with Crippen LogP contribution in [-0.2, 0) is 6.54 Å². The summed E-state index contributed by atoms with van der Waals surface area (Å²) < 4.78 is 11.6. The Morgan fingerprint density at radius 3 is 2.69 bits per heavy atom. The Labute approximate surface area is 160 Å². The summed E-state index contributed by atoms with van der Waals surface area (Å²) in [6, 6.07) is 17.0. The monoisotopic (exact) mass is 368 g/mol. The van der Waals surface area contributed by atoms with E-state index >= 15 is 0 Å². The molecule has 2 aliphatic rings. The van der Waals surface area contributed by atoms with Crippen LogP contribution in [0.5, 0.6) is 11.5 Å². The lowest BCUT2D eigenvalue weighted by atomic mass is 10.0. The van der Waals surface area contributed by atoms with Crippen molar-refractivity contribution in [3.05, 3.63) is 59.7 Å². The second-order valence-corrected chi connectivity index (χ2v) is 7.14. The Hall–Kier alpha value is -2.27. The van der Waals surface area contributed by atoms with Gasteiger partial charge in [-0.3, -0.25) is 0 Å². The van der Waals surface area contributed by atoms with E-state index in [1.165, 1.54) is 11.1 Å².